The molecule has 2 aromatic rings. The Labute approximate surface area is 153 Å². The number of nitrogens with one attached hydrogen (secondary N) is 1. The Bertz CT molecular complexity index is 805. The molecule has 1 aliphatic rings. The molecule has 0 fully saturated rings. The van der Waals surface area contributed by atoms with Gasteiger partial charge in [0.15, 0.2) is 0 Å². The first-order valence-corrected chi connectivity index (χ1v) is 8.72. The average molecular weight is 349 g/mol. The van der Waals surface area contributed by atoms with Gasteiger partial charge in [0, 0.05) is 13.1 Å². The zero-order valence-electron chi connectivity index (χ0n) is 15.1. The second kappa shape index (κ2) is 7.52. The minimum absolute atomic E-state index is 0.119. The maximum atomic E-state index is 12.9. The van der Waals surface area contributed by atoms with Crippen LogP contribution in [0.5, 0.6) is 0 Å². The number of rotatable bonds is 5. The van der Waals surface area contributed by atoms with Gasteiger partial charge in [-0.2, -0.15) is 0 Å². The van der Waals surface area contributed by atoms with E-state index in [0.29, 0.717) is 13.0 Å². The van der Waals surface area contributed by atoms with Crippen LogP contribution in [0.4, 0.5) is 0 Å². The fourth-order valence-corrected chi connectivity index (χ4v) is 3.42. The predicted molar refractivity (Wildman–Crippen MR) is 100 cm³/mol. The van der Waals surface area contributed by atoms with Gasteiger partial charge in [-0.3, -0.25) is 14.6 Å². The third-order valence-corrected chi connectivity index (χ3v) is 4.72. The van der Waals surface area contributed by atoms with Crippen molar-refractivity contribution in [2.75, 3.05) is 0 Å². The van der Waals surface area contributed by atoms with Crippen LogP contribution in [0.2, 0.25) is 0 Å². The van der Waals surface area contributed by atoms with Gasteiger partial charge in [-0.25, -0.2) is 0 Å². The maximum absolute atomic E-state index is 12.9. The van der Waals surface area contributed by atoms with Crippen LogP contribution in [0.15, 0.2) is 66.9 Å². The molecule has 5 heteroatoms. The summed E-state index contributed by atoms with van der Waals surface area (Å²) in [7, 11) is 0. The van der Waals surface area contributed by atoms with E-state index in [2.05, 4.69) is 10.3 Å². The van der Waals surface area contributed by atoms with Crippen LogP contribution in [0.1, 0.15) is 25.1 Å². The van der Waals surface area contributed by atoms with Gasteiger partial charge in [-0.05, 0) is 31.0 Å². The number of hydrogen-bond acceptors (Lipinski definition) is 3. The summed E-state index contributed by atoms with van der Waals surface area (Å²) in [5.74, 6) is -0.323. The third kappa shape index (κ3) is 3.67. The quantitative estimate of drug-likeness (QED) is 0.844. The lowest BCUT2D eigenvalue weighted by atomic mass is 10.00. The van der Waals surface area contributed by atoms with Crippen LogP contribution in [-0.2, 0) is 22.6 Å². The summed E-state index contributed by atoms with van der Waals surface area (Å²) in [5.41, 5.74) is 0.910. The Morgan fingerprint density at radius 1 is 1.15 bits per heavy atom. The molecule has 0 radical (unpaired) electrons. The fraction of sp³-hybridized carbons (Fsp3) is 0.286. The number of aromatic nitrogens is 1. The average Bonchev–Trinajstić information content (AvgIpc) is 2.99. The van der Waals surface area contributed by atoms with Crippen LogP contribution >= 0.6 is 0 Å². The molecule has 0 saturated heterocycles. The first kappa shape index (κ1) is 17.9. The van der Waals surface area contributed by atoms with Gasteiger partial charge in [0.25, 0.3) is 0 Å². The molecule has 0 aliphatic carbocycles. The number of nitrogens with zero attached hydrogens (tertiary/aromatic N) is 2. The molecule has 1 aromatic carbocycles. The summed E-state index contributed by atoms with van der Waals surface area (Å²) < 4.78 is 0. The van der Waals surface area contributed by atoms with E-state index in [-0.39, 0.29) is 17.9 Å². The molecule has 0 saturated carbocycles. The van der Waals surface area contributed by atoms with Crippen molar-refractivity contribution in [2.24, 2.45) is 0 Å². The van der Waals surface area contributed by atoms with Crippen molar-refractivity contribution in [1.29, 1.82) is 0 Å². The number of benzene rings is 1. The highest BCUT2D eigenvalue weighted by atomic mass is 16.2. The first-order chi connectivity index (χ1) is 12.5. The minimum Gasteiger partial charge on any atom is -0.348 e. The zero-order valence-corrected chi connectivity index (χ0v) is 15.1. The fourth-order valence-electron chi connectivity index (χ4n) is 3.42. The van der Waals surface area contributed by atoms with E-state index in [1.165, 1.54) is 6.92 Å². The molecule has 1 unspecified atom stereocenters. The lowest BCUT2D eigenvalue weighted by Crippen LogP contribution is -2.57. The highest BCUT2D eigenvalue weighted by molar-refractivity contribution is 5.93. The number of pyridine rings is 1. The molecular formula is C21H23N3O2. The maximum Gasteiger partial charge on any atom is 0.250 e. The summed E-state index contributed by atoms with van der Waals surface area (Å²) in [6.45, 7) is 3.62. The summed E-state index contributed by atoms with van der Waals surface area (Å²) in [6, 6.07) is 15.4. The minimum atomic E-state index is -1.000. The summed E-state index contributed by atoms with van der Waals surface area (Å²) in [6.07, 6.45) is 6.15. The van der Waals surface area contributed by atoms with Crippen molar-refractivity contribution in [3.05, 3.63) is 78.1 Å². The SMILES string of the molecule is CC(=O)N1C(Cc2ccccc2)C=C[C@]1(C)C(=O)NCc1ccccn1. The highest BCUT2D eigenvalue weighted by Gasteiger charge is 2.45. The molecule has 1 N–H and O–H groups in total. The number of carbonyl (C=O) groups excluding carboxylic acids is 2. The molecule has 1 aromatic heterocycles. The van der Waals surface area contributed by atoms with E-state index in [9.17, 15) is 9.59 Å². The summed E-state index contributed by atoms with van der Waals surface area (Å²) >= 11 is 0. The predicted octanol–water partition coefficient (Wildman–Crippen LogP) is 2.49. The molecule has 3 rings (SSSR count). The van der Waals surface area contributed by atoms with Gasteiger partial charge in [0.1, 0.15) is 5.54 Å². The molecule has 2 heterocycles. The Hall–Kier alpha value is -2.95. The summed E-state index contributed by atoms with van der Waals surface area (Å²) in [5, 5.41) is 2.90. The summed E-state index contributed by atoms with van der Waals surface area (Å²) in [4.78, 5) is 31.1. The second-order valence-corrected chi connectivity index (χ2v) is 6.66. The van der Waals surface area contributed by atoms with E-state index in [1.54, 1.807) is 18.0 Å². The Morgan fingerprint density at radius 3 is 2.54 bits per heavy atom. The Balaban J connectivity index is 1.73. The Morgan fingerprint density at radius 2 is 1.88 bits per heavy atom. The van der Waals surface area contributed by atoms with Gasteiger partial charge in [-0.15, -0.1) is 0 Å². The molecule has 0 bridgehead atoms. The molecule has 2 amide bonds. The number of amides is 2. The highest BCUT2D eigenvalue weighted by Crippen LogP contribution is 2.30. The van der Waals surface area contributed by atoms with E-state index >= 15 is 0 Å². The standard InChI is InChI=1S/C21H23N3O2/c1-16(25)24-19(14-17-8-4-3-5-9-17)11-12-21(24,2)20(26)23-15-18-10-6-7-13-22-18/h3-13,19H,14-15H2,1-2H3,(H,23,26)/t19?,21-/m1/s1. The van der Waals surface area contributed by atoms with E-state index in [0.717, 1.165) is 11.3 Å². The molecule has 1 aliphatic heterocycles. The van der Waals surface area contributed by atoms with Crippen LogP contribution in [0.25, 0.3) is 0 Å². The van der Waals surface area contributed by atoms with Crippen molar-refractivity contribution >= 4 is 11.8 Å². The monoisotopic (exact) mass is 349 g/mol. The van der Waals surface area contributed by atoms with Gasteiger partial charge in [0.05, 0.1) is 18.3 Å². The normalized spacial score (nSPS) is 21.6. The van der Waals surface area contributed by atoms with Gasteiger partial charge >= 0.3 is 0 Å². The van der Waals surface area contributed by atoms with Crippen LogP contribution in [0, 0.1) is 0 Å². The van der Waals surface area contributed by atoms with E-state index in [4.69, 9.17) is 0 Å². The topological polar surface area (TPSA) is 62.3 Å². The van der Waals surface area contributed by atoms with E-state index in [1.807, 2.05) is 60.7 Å². The van der Waals surface area contributed by atoms with Crippen molar-refractivity contribution in [1.82, 2.24) is 15.2 Å². The molecular weight excluding hydrogens is 326 g/mol. The van der Waals surface area contributed by atoms with E-state index < -0.39 is 5.54 Å². The third-order valence-electron chi connectivity index (χ3n) is 4.72. The first-order valence-electron chi connectivity index (χ1n) is 8.72. The lowest BCUT2D eigenvalue weighted by Gasteiger charge is -2.37. The molecule has 26 heavy (non-hydrogen) atoms. The van der Waals surface area contributed by atoms with Crippen molar-refractivity contribution in [3.63, 3.8) is 0 Å². The Kier molecular flexibility index (Phi) is 5.16. The second-order valence-electron chi connectivity index (χ2n) is 6.66. The molecule has 0 spiro atoms. The van der Waals surface area contributed by atoms with Crippen LogP contribution in [-0.4, -0.2) is 33.3 Å². The smallest absolute Gasteiger partial charge is 0.250 e. The largest absolute Gasteiger partial charge is 0.348 e. The van der Waals surface area contributed by atoms with Gasteiger partial charge in [0.2, 0.25) is 11.8 Å². The van der Waals surface area contributed by atoms with Crippen LogP contribution in [0.3, 0.4) is 0 Å². The molecule has 5 nitrogen and oxygen atoms in total. The van der Waals surface area contributed by atoms with Crippen molar-refractivity contribution in [2.45, 2.75) is 38.4 Å². The van der Waals surface area contributed by atoms with Crippen molar-refractivity contribution in [3.8, 4) is 0 Å². The van der Waals surface area contributed by atoms with Gasteiger partial charge < -0.3 is 10.2 Å². The molecule has 134 valence electrons. The molecule has 2 atom stereocenters. The number of hydrogen-bond donors (Lipinski definition) is 1. The number of carbonyl (C=O) groups is 2. The van der Waals surface area contributed by atoms with Crippen LogP contribution < -0.4 is 5.32 Å². The van der Waals surface area contributed by atoms with Gasteiger partial charge in [-0.1, -0.05) is 48.6 Å². The lowest BCUT2D eigenvalue weighted by molar-refractivity contribution is -0.143. The zero-order chi connectivity index (χ0) is 18.6. The van der Waals surface area contributed by atoms with Crippen molar-refractivity contribution < 1.29 is 9.59 Å².